The Hall–Kier alpha value is -0.970. The lowest BCUT2D eigenvalue weighted by atomic mass is 10.4. The molecule has 0 aliphatic heterocycles. The van der Waals surface area contributed by atoms with Crippen LogP contribution in [0, 0.1) is 0 Å². The first-order valence-corrected chi connectivity index (χ1v) is 6.00. The first-order chi connectivity index (χ1) is 7.06. The largest absolute Gasteiger partial charge is 0.462 e. The number of thioether (sulfide) groups is 1. The Bertz CT molecular complexity index is 236. The molecule has 86 valence electrons. The van der Waals surface area contributed by atoms with Crippen LogP contribution >= 0.6 is 11.8 Å². The average molecular weight is 232 g/mol. The van der Waals surface area contributed by atoms with E-state index in [2.05, 4.69) is 0 Å². The molecule has 0 bridgehead atoms. The van der Waals surface area contributed by atoms with Gasteiger partial charge in [0.25, 0.3) is 0 Å². The molecule has 0 saturated carbocycles. The summed E-state index contributed by atoms with van der Waals surface area (Å²) in [6.45, 7) is 3.83. The van der Waals surface area contributed by atoms with Crippen LogP contribution in [-0.2, 0) is 19.1 Å². The molecule has 0 atom stereocenters. The first kappa shape index (κ1) is 14.0. The van der Waals surface area contributed by atoms with Crippen LogP contribution in [0.25, 0.3) is 0 Å². The van der Waals surface area contributed by atoms with Gasteiger partial charge in [0.2, 0.25) is 0 Å². The van der Waals surface area contributed by atoms with E-state index in [1.807, 2.05) is 6.26 Å². The standard InChI is InChI=1S/C10H16O4S/c1-8(2)14-10(12)5-4-9(11)13-6-7-15-3/h4-5,8H,6-7H2,1-3H3. The smallest absolute Gasteiger partial charge is 0.331 e. The van der Waals surface area contributed by atoms with E-state index in [1.165, 1.54) is 0 Å². The molecule has 0 amide bonds. The Morgan fingerprint density at radius 2 is 1.87 bits per heavy atom. The lowest BCUT2D eigenvalue weighted by Crippen LogP contribution is -2.10. The normalized spacial score (nSPS) is 10.7. The predicted octanol–water partition coefficient (Wildman–Crippen LogP) is 1.40. The number of rotatable bonds is 6. The van der Waals surface area contributed by atoms with Crippen LogP contribution < -0.4 is 0 Å². The zero-order valence-corrected chi connectivity index (χ0v) is 10.0. The van der Waals surface area contributed by atoms with E-state index in [4.69, 9.17) is 9.47 Å². The minimum absolute atomic E-state index is 0.185. The molecule has 0 aromatic rings. The fourth-order valence-electron chi connectivity index (χ4n) is 0.681. The molecule has 0 unspecified atom stereocenters. The summed E-state index contributed by atoms with van der Waals surface area (Å²) in [4.78, 5) is 21.9. The molecule has 0 aliphatic carbocycles. The predicted molar refractivity (Wildman–Crippen MR) is 59.7 cm³/mol. The fourth-order valence-corrected chi connectivity index (χ4v) is 0.931. The van der Waals surface area contributed by atoms with Crippen molar-refractivity contribution in [2.75, 3.05) is 18.6 Å². The Morgan fingerprint density at radius 1 is 1.27 bits per heavy atom. The van der Waals surface area contributed by atoms with Crippen molar-refractivity contribution >= 4 is 23.7 Å². The Balaban J connectivity index is 3.74. The van der Waals surface area contributed by atoms with E-state index in [1.54, 1.807) is 25.6 Å². The molecule has 0 rings (SSSR count). The quantitative estimate of drug-likeness (QED) is 0.393. The maximum absolute atomic E-state index is 11.0. The number of ether oxygens (including phenoxy) is 2. The van der Waals surface area contributed by atoms with Gasteiger partial charge in [-0.2, -0.15) is 11.8 Å². The second kappa shape index (κ2) is 8.35. The van der Waals surface area contributed by atoms with Crippen molar-refractivity contribution in [2.45, 2.75) is 20.0 Å². The molecule has 0 saturated heterocycles. The van der Waals surface area contributed by atoms with E-state index >= 15 is 0 Å². The van der Waals surface area contributed by atoms with Crippen LogP contribution in [0.3, 0.4) is 0 Å². The molecule has 0 radical (unpaired) electrons. The first-order valence-electron chi connectivity index (χ1n) is 4.60. The monoisotopic (exact) mass is 232 g/mol. The summed E-state index contributed by atoms with van der Waals surface area (Å²) in [6, 6.07) is 0. The summed E-state index contributed by atoms with van der Waals surface area (Å²) < 4.78 is 9.57. The topological polar surface area (TPSA) is 52.6 Å². The van der Waals surface area contributed by atoms with Gasteiger partial charge in [-0.05, 0) is 20.1 Å². The van der Waals surface area contributed by atoms with E-state index < -0.39 is 11.9 Å². The molecule has 5 heteroatoms. The number of esters is 2. The van der Waals surface area contributed by atoms with Crippen LogP contribution in [0.4, 0.5) is 0 Å². The molecule has 4 nitrogen and oxygen atoms in total. The minimum Gasteiger partial charge on any atom is -0.462 e. The summed E-state index contributed by atoms with van der Waals surface area (Å²) in [5.74, 6) is -0.313. The summed E-state index contributed by atoms with van der Waals surface area (Å²) >= 11 is 1.58. The van der Waals surface area contributed by atoms with Gasteiger partial charge in [-0.25, -0.2) is 9.59 Å². The summed E-state index contributed by atoms with van der Waals surface area (Å²) in [7, 11) is 0. The third kappa shape index (κ3) is 9.34. The van der Waals surface area contributed by atoms with E-state index in [0.29, 0.717) is 6.61 Å². The maximum Gasteiger partial charge on any atom is 0.331 e. The van der Waals surface area contributed by atoms with Crippen LogP contribution in [-0.4, -0.2) is 36.7 Å². The SMILES string of the molecule is CSCCOC(=O)C=CC(=O)OC(C)C. The van der Waals surface area contributed by atoms with E-state index in [0.717, 1.165) is 17.9 Å². The van der Waals surface area contributed by atoms with Crippen molar-refractivity contribution in [3.05, 3.63) is 12.2 Å². The second-order valence-electron chi connectivity index (χ2n) is 2.98. The van der Waals surface area contributed by atoms with Crippen molar-refractivity contribution < 1.29 is 19.1 Å². The molecule has 0 heterocycles. The average Bonchev–Trinajstić information content (AvgIpc) is 2.14. The number of hydrogen-bond donors (Lipinski definition) is 0. The lowest BCUT2D eigenvalue weighted by molar-refractivity contribution is -0.142. The molecule has 0 spiro atoms. The molecular formula is C10H16O4S. The Morgan fingerprint density at radius 3 is 2.40 bits per heavy atom. The molecule has 0 fully saturated rings. The highest BCUT2D eigenvalue weighted by molar-refractivity contribution is 7.98. The van der Waals surface area contributed by atoms with Gasteiger partial charge in [0.15, 0.2) is 0 Å². The lowest BCUT2D eigenvalue weighted by Gasteiger charge is -2.03. The number of carbonyl (C=O) groups excluding carboxylic acids is 2. The van der Waals surface area contributed by atoms with Crippen LogP contribution in [0.2, 0.25) is 0 Å². The van der Waals surface area contributed by atoms with Crippen molar-refractivity contribution in [1.82, 2.24) is 0 Å². The molecule has 0 aromatic carbocycles. The fraction of sp³-hybridized carbons (Fsp3) is 0.600. The zero-order chi connectivity index (χ0) is 11.7. The van der Waals surface area contributed by atoms with Crippen LogP contribution in [0.15, 0.2) is 12.2 Å². The van der Waals surface area contributed by atoms with Crippen LogP contribution in [0.1, 0.15) is 13.8 Å². The highest BCUT2D eigenvalue weighted by atomic mass is 32.2. The van der Waals surface area contributed by atoms with Gasteiger partial charge in [-0.1, -0.05) is 0 Å². The Kier molecular flexibility index (Phi) is 7.81. The molecule has 0 aliphatic rings. The molecule has 15 heavy (non-hydrogen) atoms. The van der Waals surface area contributed by atoms with Gasteiger partial charge in [0, 0.05) is 17.9 Å². The third-order valence-corrected chi connectivity index (χ3v) is 1.81. The van der Waals surface area contributed by atoms with Gasteiger partial charge < -0.3 is 9.47 Å². The highest BCUT2D eigenvalue weighted by Crippen LogP contribution is 1.93. The van der Waals surface area contributed by atoms with Crippen molar-refractivity contribution in [3.63, 3.8) is 0 Å². The van der Waals surface area contributed by atoms with Crippen molar-refractivity contribution in [1.29, 1.82) is 0 Å². The maximum atomic E-state index is 11.0. The van der Waals surface area contributed by atoms with E-state index in [-0.39, 0.29) is 6.10 Å². The number of hydrogen-bond acceptors (Lipinski definition) is 5. The van der Waals surface area contributed by atoms with E-state index in [9.17, 15) is 9.59 Å². The summed E-state index contributed by atoms with van der Waals surface area (Å²) in [6.07, 6.45) is 3.88. The highest BCUT2D eigenvalue weighted by Gasteiger charge is 2.02. The molecular weight excluding hydrogens is 216 g/mol. The number of carbonyl (C=O) groups is 2. The van der Waals surface area contributed by atoms with Crippen molar-refractivity contribution in [3.8, 4) is 0 Å². The van der Waals surface area contributed by atoms with Gasteiger partial charge >= 0.3 is 11.9 Å². The summed E-state index contributed by atoms with van der Waals surface area (Å²) in [5, 5.41) is 0. The van der Waals surface area contributed by atoms with Gasteiger partial charge in [-0.3, -0.25) is 0 Å². The molecule has 0 aromatic heterocycles. The van der Waals surface area contributed by atoms with Gasteiger partial charge in [0.1, 0.15) is 6.61 Å². The van der Waals surface area contributed by atoms with Crippen LogP contribution in [0.5, 0.6) is 0 Å². The zero-order valence-electron chi connectivity index (χ0n) is 9.19. The summed E-state index contributed by atoms with van der Waals surface area (Å²) in [5.41, 5.74) is 0. The Labute approximate surface area is 94.0 Å². The second-order valence-corrected chi connectivity index (χ2v) is 3.96. The molecule has 0 N–H and O–H groups in total. The van der Waals surface area contributed by atoms with Gasteiger partial charge in [0.05, 0.1) is 6.10 Å². The minimum atomic E-state index is -0.535. The third-order valence-electron chi connectivity index (χ3n) is 1.24. The van der Waals surface area contributed by atoms with Gasteiger partial charge in [-0.15, -0.1) is 0 Å². The van der Waals surface area contributed by atoms with Crippen molar-refractivity contribution in [2.24, 2.45) is 0 Å².